The van der Waals surface area contributed by atoms with Gasteiger partial charge in [0.05, 0.1) is 0 Å². The lowest BCUT2D eigenvalue weighted by Gasteiger charge is -2.22. The minimum Gasteiger partial charge on any atom is -0.355 e. The quantitative estimate of drug-likeness (QED) is 0.774. The third-order valence-corrected chi connectivity index (χ3v) is 4.11. The van der Waals surface area contributed by atoms with E-state index < -0.39 is 0 Å². The number of likely N-dealkylation sites (N-methyl/N-ethyl adjacent to an activating group) is 1. The molecule has 1 saturated heterocycles. The molecule has 2 heterocycles. The summed E-state index contributed by atoms with van der Waals surface area (Å²) in [5.74, 6) is 1.67. The Balaban J connectivity index is 2.17. The summed E-state index contributed by atoms with van der Waals surface area (Å²) in [6.45, 7) is 4.34. The molecule has 0 aromatic carbocycles. The van der Waals surface area contributed by atoms with Crippen LogP contribution in [-0.2, 0) is 12.3 Å². The summed E-state index contributed by atoms with van der Waals surface area (Å²) < 4.78 is 0. The number of aromatic nitrogens is 1. The van der Waals surface area contributed by atoms with Crippen LogP contribution in [0.15, 0.2) is 12.1 Å². The highest BCUT2D eigenvalue weighted by molar-refractivity contribution is 6.17. The van der Waals surface area contributed by atoms with E-state index in [2.05, 4.69) is 43.0 Å². The SMILES string of the molecule is CCCc1cc(CCl)cc(N2CCC(N(C)C)C2)n1. The number of alkyl halides is 1. The van der Waals surface area contributed by atoms with Gasteiger partial charge in [0.1, 0.15) is 5.82 Å². The number of pyridine rings is 1. The van der Waals surface area contributed by atoms with Gasteiger partial charge in [-0.15, -0.1) is 11.6 Å². The van der Waals surface area contributed by atoms with E-state index in [4.69, 9.17) is 16.6 Å². The minimum atomic E-state index is 0.567. The Morgan fingerprint density at radius 3 is 2.79 bits per heavy atom. The summed E-state index contributed by atoms with van der Waals surface area (Å²) in [7, 11) is 4.30. The molecule has 0 aliphatic carbocycles. The highest BCUT2D eigenvalue weighted by Gasteiger charge is 2.25. The van der Waals surface area contributed by atoms with Crippen molar-refractivity contribution in [1.82, 2.24) is 9.88 Å². The Morgan fingerprint density at radius 2 is 2.21 bits per heavy atom. The Labute approximate surface area is 121 Å². The van der Waals surface area contributed by atoms with Crippen LogP contribution < -0.4 is 4.90 Å². The monoisotopic (exact) mass is 281 g/mol. The van der Waals surface area contributed by atoms with E-state index in [1.54, 1.807) is 0 Å². The number of rotatable bonds is 5. The van der Waals surface area contributed by atoms with Crippen LogP contribution in [0.2, 0.25) is 0 Å². The van der Waals surface area contributed by atoms with Crippen LogP contribution in [-0.4, -0.2) is 43.1 Å². The molecule has 2 rings (SSSR count). The highest BCUT2D eigenvalue weighted by atomic mass is 35.5. The van der Waals surface area contributed by atoms with E-state index in [9.17, 15) is 0 Å². The largest absolute Gasteiger partial charge is 0.355 e. The molecule has 0 saturated carbocycles. The van der Waals surface area contributed by atoms with Crippen molar-refractivity contribution in [2.75, 3.05) is 32.1 Å². The van der Waals surface area contributed by atoms with Gasteiger partial charge in [0.25, 0.3) is 0 Å². The van der Waals surface area contributed by atoms with Crippen LogP contribution in [0.3, 0.4) is 0 Å². The maximum atomic E-state index is 6.00. The van der Waals surface area contributed by atoms with Crippen molar-refractivity contribution >= 4 is 17.4 Å². The molecule has 3 nitrogen and oxygen atoms in total. The first-order chi connectivity index (χ1) is 9.13. The zero-order valence-corrected chi connectivity index (χ0v) is 13.0. The van der Waals surface area contributed by atoms with E-state index in [1.807, 2.05) is 0 Å². The predicted molar refractivity (Wildman–Crippen MR) is 82.1 cm³/mol. The molecule has 0 N–H and O–H groups in total. The van der Waals surface area contributed by atoms with Crippen LogP contribution in [0.4, 0.5) is 5.82 Å². The van der Waals surface area contributed by atoms with Crippen molar-refractivity contribution in [3.8, 4) is 0 Å². The summed E-state index contributed by atoms with van der Waals surface area (Å²) in [4.78, 5) is 9.49. The molecular weight excluding hydrogens is 258 g/mol. The number of hydrogen-bond acceptors (Lipinski definition) is 3. The number of nitrogens with zero attached hydrogens (tertiary/aromatic N) is 3. The van der Waals surface area contributed by atoms with Crippen molar-refractivity contribution in [2.24, 2.45) is 0 Å². The molecule has 0 spiro atoms. The Bertz CT molecular complexity index is 420. The van der Waals surface area contributed by atoms with Crippen LogP contribution in [0.5, 0.6) is 0 Å². The number of aryl methyl sites for hydroxylation is 1. The second-order valence-corrected chi connectivity index (χ2v) is 5.83. The number of hydrogen-bond donors (Lipinski definition) is 0. The van der Waals surface area contributed by atoms with Crippen LogP contribution in [0.25, 0.3) is 0 Å². The average molecular weight is 282 g/mol. The summed E-state index contributed by atoms with van der Waals surface area (Å²) in [6.07, 6.45) is 3.37. The molecule has 1 aliphatic rings. The lowest BCUT2D eigenvalue weighted by molar-refractivity contribution is 0.315. The zero-order chi connectivity index (χ0) is 13.8. The summed E-state index contributed by atoms with van der Waals surface area (Å²) in [6, 6.07) is 4.92. The Kier molecular flexibility index (Phi) is 5.06. The molecule has 1 atom stereocenters. The first kappa shape index (κ1) is 14.6. The van der Waals surface area contributed by atoms with Crippen LogP contribution >= 0.6 is 11.6 Å². The topological polar surface area (TPSA) is 19.4 Å². The summed E-state index contributed by atoms with van der Waals surface area (Å²) >= 11 is 6.00. The molecule has 1 aliphatic heterocycles. The molecule has 19 heavy (non-hydrogen) atoms. The van der Waals surface area contributed by atoms with Gasteiger partial charge in [0.15, 0.2) is 0 Å². The minimum absolute atomic E-state index is 0.567. The third kappa shape index (κ3) is 3.61. The number of halogens is 1. The van der Waals surface area contributed by atoms with Gasteiger partial charge < -0.3 is 9.80 Å². The van der Waals surface area contributed by atoms with Gasteiger partial charge in [-0.25, -0.2) is 4.98 Å². The molecule has 4 heteroatoms. The normalized spacial score (nSPS) is 19.4. The van der Waals surface area contributed by atoms with Crippen LogP contribution in [0, 0.1) is 0 Å². The molecule has 106 valence electrons. The first-order valence-electron chi connectivity index (χ1n) is 7.11. The fourth-order valence-electron chi connectivity index (χ4n) is 2.63. The van der Waals surface area contributed by atoms with Gasteiger partial charge in [0, 0.05) is 30.7 Å². The van der Waals surface area contributed by atoms with Gasteiger partial charge in [0.2, 0.25) is 0 Å². The van der Waals surface area contributed by atoms with E-state index >= 15 is 0 Å². The van der Waals surface area contributed by atoms with Crippen molar-refractivity contribution < 1.29 is 0 Å². The molecule has 0 bridgehead atoms. The average Bonchev–Trinajstić information content (AvgIpc) is 2.88. The van der Waals surface area contributed by atoms with Crippen molar-refractivity contribution in [1.29, 1.82) is 0 Å². The molecule has 0 radical (unpaired) electrons. The molecule has 1 unspecified atom stereocenters. The zero-order valence-electron chi connectivity index (χ0n) is 12.2. The van der Waals surface area contributed by atoms with E-state index in [-0.39, 0.29) is 0 Å². The molecule has 1 aromatic rings. The van der Waals surface area contributed by atoms with E-state index in [1.165, 1.54) is 17.7 Å². The second kappa shape index (κ2) is 6.58. The Morgan fingerprint density at radius 1 is 1.42 bits per heavy atom. The highest BCUT2D eigenvalue weighted by Crippen LogP contribution is 2.23. The first-order valence-corrected chi connectivity index (χ1v) is 7.64. The van der Waals surface area contributed by atoms with E-state index in [0.717, 1.165) is 31.7 Å². The smallest absolute Gasteiger partial charge is 0.129 e. The van der Waals surface area contributed by atoms with Gasteiger partial charge in [-0.3, -0.25) is 0 Å². The Hall–Kier alpha value is -0.800. The van der Waals surface area contributed by atoms with Crippen LogP contribution in [0.1, 0.15) is 31.0 Å². The molecule has 1 fully saturated rings. The number of anilines is 1. The fraction of sp³-hybridized carbons (Fsp3) is 0.667. The molecular formula is C15H24ClN3. The van der Waals surface area contributed by atoms with Crippen molar-refractivity contribution in [2.45, 2.75) is 38.1 Å². The van der Waals surface area contributed by atoms with E-state index in [0.29, 0.717) is 11.9 Å². The lowest BCUT2D eigenvalue weighted by atomic mass is 10.2. The fourth-order valence-corrected chi connectivity index (χ4v) is 2.78. The lowest BCUT2D eigenvalue weighted by Crippen LogP contribution is -2.31. The third-order valence-electron chi connectivity index (χ3n) is 3.80. The standard InChI is InChI=1S/C15H24ClN3/c1-4-5-13-8-12(10-16)9-15(17-13)19-7-6-14(11-19)18(2)3/h8-9,14H,4-7,10-11H2,1-3H3. The summed E-state index contributed by atoms with van der Waals surface area (Å²) in [5, 5.41) is 0. The van der Waals surface area contributed by atoms with Gasteiger partial charge in [-0.1, -0.05) is 13.3 Å². The predicted octanol–water partition coefficient (Wildman–Crippen LogP) is 2.91. The van der Waals surface area contributed by atoms with Gasteiger partial charge in [-0.05, 0) is 44.6 Å². The summed E-state index contributed by atoms with van der Waals surface area (Å²) in [5.41, 5.74) is 2.35. The van der Waals surface area contributed by atoms with Gasteiger partial charge >= 0.3 is 0 Å². The second-order valence-electron chi connectivity index (χ2n) is 5.56. The molecule has 1 aromatic heterocycles. The maximum absolute atomic E-state index is 6.00. The maximum Gasteiger partial charge on any atom is 0.129 e. The van der Waals surface area contributed by atoms with Crippen molar-refractivity contribution in [3.63, 3.8) is 0 Å². The van der Waals surface area contributed by atoms with Gasteiger partial charge in [-0.2, -0.15) is 0 Å². The van der Waals surface area contributed by atoms with Crippen molar-refractivity contribution in [3.05, 3.63) is 23.4 Å². The molecule has 0 amide bonds.